The van der Waals surface area contributed by atoms with E-state index in [4.69, 9.17) is 14.2 Å². The van der Waals surface area contributed by atoms with Gasteiger partial charge in [-0.05, 0) is 25.2 Å². The Morgan fingerprint density at radius 3 is 2.24 bits per heavy atom. The SMILES string of the molecule is CCCCOCCOCCOCC(=O)NCCCC(C)C.[HH]. The van der Waals surface area contributed by atoms with E-state index in [0.29, 0.717) is 32.3 Å². The number of rotatable bonds is 15. The van der Waals surface area contributed by atoms with E-state index >= 15 is 0 Å². The maximum atomic E-state index is 11.4. The van der Waals surface area contributed by atoms with E-state index in [1.54, 1.807) is 0 Å². The van der Waals surface area contributed by atoms with E-state index < -0.39 is 0 Å². The highest BCUT2D eigenvalue weighted by Crippen LogP contribution is 2.01. The standard InChI is InChI=1S/C16H33NO4.H2/c1-4-5-9-19-10-11-20-12-13-21-14-16(18)17-8-6-7-15(2)3;/h15H,4-14H2,1-3H3,(H,17,18);1H. The molecule has 0 spiro atoms. The zero-order valence-electron chi connectivity index (χ0n) is 14.0. The Hall–Kier alpha value is -0.650. The summed E-state index contributed by atoms with van der Waals surface area (Å²) in [7, 11) is 0. The van der Waals surface area contributed by atoms with Crippen LogP contribution in [0.4, 0.5) is 0 Å². The molecule has 1 N–H and O–H groups in total. The lowest BCUT2D eigenvalue weighted by molar-refractivity contribution is -0.126. The molecule has 0 aromatic rings. The van der Waals surface area contributed by atoms with Gasteiger partial charge in [0.1, 0.15) is 6.61 Å². The molecular formula is C16H35NO4. The quantitative estimate of drug-likeness (QED) is 0.473. The number of hydrogen-bond acceptors (Lipinski definition) is 4. The fraction of sp³-hybridized carbons (Fsp3) is 0.938. The first-order valence-corrected chi connectivity index (χ1v) is 8.16. The van der Waals surface area contributed by atoms with E-state index in [1.807, 2.05) is 0 Å². The normalized spacial score (nSPS) is 11.0. The van der Waals surface area contributed by atoms with Gasteiger partial charge in [0, 0.05) is 14.6 Å². The summed E-state index contributed by atoms with van der Waals surface area (Å²) < 4.78 is 15.9. The van der Waals surface area contributed by atoms with Crippen molar-refractivity contribution in [2.75, 3.05) is 46.2 Å². The van der Waals surface area contributed by atoms with Crippen LogP contribution in [0.5, 0.6) is 0 Å². The largest absolute Gasteiger partial charge is 0.379 e. The van der Waals surface area contributed by atoms with Crippen molar-refractivity contribution in [1.82, 2.24) is 5.32 Å². The molecule has 0 rings (SSSR count). The number of ether oxygens (including phenoxy) is 3. The van der Waals surface area contributed by atoms with Crippen LogP contribution in [0, 0.1) is 5.92 Å². The third kappa shape index (κ3) is 17.3. The first kappa shape index (κ1) is 20.3. The van der Waals surface area contributed by atoms with Crippen molar-refractivity contribution in [2.45, 2.75) is 46.5 Å². The summed E-state index contributed by atoms with van der Waals surface area (Å²) in [5.74, 6) is 0.628. The van der Waals surface area contributed by atoms with Crippen LogP contribution in [-0.4, -0.2) is 52.1 Å². The molecule has 0 aliphatic heterocycles. The Kier molecular flexibility index (Phi) is 15.2. The molecule has 0 aromatic carbocycles. The van der Waals surface area contributed by atoms with Gasteiger partial charge in [0.15, 0.2) is 0 Å². The highest BCUT2D eigenvalue weighted by Gasteiger charge is 2.01. The third-order valence-electron chi connectivity index (χ3n) is 2.90. The molecule has 21 heavy (non-hydrogen) atoms. The third-order valence-corrected chi connectivity index (χ3v) is 2.90. The molecule has 0 saturated heterocycles. The maximum Gasteiger partial charge on any atom is 0.245 e. The van der Waals surface area contributed by atoms with Crippen molar-refractivity contribution in [3.05, 3.63) is 0 Å². The monoisotopic (exact) mass is 305 g/mol. The van der Waals surface area contributed by atoms with Crippen LogP contribution in [-0.2, 0) is 19.0 Å². The highest BCUT2D eigenvalue weighted by molar-refractivity contribution is 5.77. The van der Waals surface area contributed by atoms with Gasteiger partial charge in [-0.2, -0.15) is 0 Å². The van der Waals surface area contributed by atoms with E-state index in [0.717, 1.165) is 38.8 Å². The summed E-state index contributed by atoms with van der Waals surface area (Å²) in [6, 6.07) is 0. The summed E-state index contributed by atoms with van der Waals surface area (Å²) in [5.41, 5.74) is 0. The van der Waals surface area contributed by atoms with Gasteiger partial charge in [0.05, 0.1) is 26.4 Å². The second kappa shape index (κ2) is 15.7. The van der Waals surface area contributed by atoms with Crippen LogP contribution in [0.1, 0.15) is 47.9 Å². The number of amides is 1. The van der Waals surface area contributed by atoms with Gasteiger partial charge < -0.3 is 19.5 Å². The molecule has 0 unspecified atom stereocenters. The Morgan fingerprint density at radius 2 is 1.62 bits per heavy atom. The summed E-state index contributed by atoms with van der Waals surface area (Å²) in [4.78, 5) is 11.4. The molecule has 0 aromatic heterocycles. The number of carbonyl (C=O) groups is 1. The zero-order chi connectivity index (χ0) is 15.8. The minimum Gasteiger partial charge on any atom is -0.379 e. The van der Waals surface area contributed by atoms with Crippen LogP contribution in [0.3, 0.4) is 0 Å². The van der Waals surface area contributed by atoms with Gasteiger partial charge in [-0.25, -0.2) is 0 Å². The fourth-order valence-corrected chi connectivity index (χ4v) is 1.64. The Morgan fingerprint density at radius 1 is 1.00 bits per heavy atom. The Balaban J connectivity index is 0. The Labute approximate surface area is 131 Å². The van der Waals surface area contributed by atoms with E-state index in [1.165, 1.54) is 0 Å². The van der Waals surface area contributed by atoms with Crippen LogP contribution < -0.4 is 5.32 Å². The van der Waals surface area contributed by atoms with Crippen molar-refractivity contribution in [1.29, 1.82) is 0 Å². The molecule has 0 aliphatic rings. The van der Waals surface area contributed by atoms with Crippen molar-refractivity contribution in [3.8, 4) is 0 Å². The van der Waals surface area contributed by atoms with Crippen molar-refractivity contribution >= 4 is 5.91 Å². The van der Waals surface area contributed by atoms with Gasteiger partial charge in [-0.3, -0.25) is 4.79 Å². The second-order valence-corrected chi connectivity index (χ2v) is 5.52. The molecule has 0 heterocycles. The maximum absolute atomic E-state index is 11.4. The average Bonchev–Trinajstić information content (AvgIpc) is 2.45. The first-order valence-electron chi connectivity index (χ1n) is 8.16. The lowest BCUT2D eigenvalue weighted by Gasteiger charge is -2.08. The van der Waals surface area contributed by atoms with Gasteiger partial charge in [-0.1, -0.05) is 27.2 Å². The smallest absolute Gasteiger partial charge is 0.245 e. The lowest BCUT2D eigenvalue weighted by Crippen LogP contribution is -2.29. The summed E-state index contributed by atoms with van der Waals surface area (Å²) >= 11 is 0. The van der Waals surface area contributed by atoms with E-state index in [2.05, 4.69) is 26.1 Å². The van der Waals surface area contributed by atoms with Crippen LogP contribution >= 0.6 is 0 Å². The van der Waals surface area contributed by atoms with Crippen molar-refractivity contribution < 1.29 is 20.4 Å². The molecule has 0 saturated carbocycles. The van der Waals surface area contributed by atoms with Crippen LogP contribution in [0.2, 0.25) is 0 Å². The molecule has 0 bridgehead atoms. The molecule has 1 amide bonds. The van der Waals surface area contributed by atoms with Crippen LogP contribution in [0.25, 0.3) is 0 Å². The average molecular weight is 305 g/mol. The topological polar surface area (TPSA) is 56.8 Å². The number of hydrogen-bond donors (Lipinski definition) is 1. The first-order chi connectivity index (χ1) is 10.2. The number of carbonyl (C=O) groups excluding carboxylic acids is 1. The second-order valence-electron chi connectivity index (χ2n) is 5.52. The molecule has 0 radical (unpaired) electrons. The molecule has 128 valence electrons. The van der Waals surface area contributed by atoms with E-state index in [9.17, 15) is 4.79 Å². The summed E-state index contributed by atoms with van der Waals surface area (Å²) in [5, 5.41) is 2.84. The molecule has 5 nitrogen and oxygen atoms in total. The minimum atomic E-state index is -0.0540. The molecule has 0 fully saturated rings. The van der Waals surface area contributed by atoms with Gasteiger partial charge >= 0.3 is 0 Å². The minimum absolute atomic E-state index is 0. The molecule has 0 aliphatic carbocycles. The Bertz CT molecular complexity index is 240. The summed E-state index contributed by atoms with van der Waals surface area (Å²) in [6.45, 7) is 10.3. The van der Waals surface area contributed by atoms with Gasteiger partial charge in [-0.15, -0.1) is 0 Å². The number of nitrogens with one attached hydrogen (secondary N) is 1. The predicted molar refractivity (Wildman–Crippen MR) is 86.6 cm³/mol. The van der Waals surface area contributed by atoms with E-state index in [-0.39, 0.29) is 13.9 Å². The van der Waals surface area contributed by atoms with Gasteiger partial charge in [0.2, 0.25) is 5.91 Å². The highest BCUT2D eigenvalue weighted by atomic mass is 16.5. The van der Waals surface area contributed by atoms with Gasteiger partial charge in [0.25, 0.3) is 0 Å². The molecule has 0 atom stereocenters. The van der Waals surface area contributed by atoms with Crippen molar-refractivity contribution in [2.24, 2.45) is 5.92 Å². The number of unbranched alkanes of at least 4 members (excludes halogenated alkanes) is 1. The summed E-state index contributed by atoms with van der Waals surface area (Å²) in [6.07, 6.45) is 4.39. The molecular weight excluding hydrogens is 270 g/mol. The van der Waals surface area contributed by atoms with Crippen LogP contribution in [0.15, 0.2) is 0 Å². The molecule has 5 heteroatoms. The fourth-order valence-electron chi connectivity index (χ4n) is 1.64. The predicted octanol–water partition coefficient (Wildman–Crippen LogP) is 2.63. The zero-order valence-corrected chi connectivity index (χ0v) is 14.0. The lowest BCUT2D eigenvalue weighted by atomic mass is 10.1. The van der Waals surface area contributed by atoms with Crippen molar-refractivity contribution in [3.63, 3.8) is 0 Å².